The molecule has 1 saturated heterocycles. The summed E-state index contributed by atoms with van der Waals surface area (Å²) in [5.41, 5.74) is 1.02. The summed E-state index contributed by atoms with van der Waals surface area (Å²) < 4.78 is 28.6. The minimum Gasteiger partial charge on any atom is -0.345 e. The van der Waals surface area contributed by atoms with E-state index in [1.807, 2.05) is 0 Å². The van der Waals surface area contributed by atoms with E-state index in [9.17, 15) is 18.0 Å². The van der Waals surface area contributed by atoms with Gasteiger partial charge in [-0.2, -0.15) is 4.31 Å². The molecule has 144 valence electrons. The molecule has 0 aliphatic carbocycles. The molecular weight excluding hydrogens is 366 g/mol. The van der Waals surface area contributed by atoms with Crippen molar-refractivity contribution < 1.29 is 18.0 Å². The van der Waals surface area contributed by atoms with Gasteiger partial charge in [-0.25, -0.2) is 8.42 Å². The van der Waals surface area contributed by atoms with E-state index < -0.39 is 15.9 Å². The number of para-hydroxylation sites is 1. The number of anilines is 1. The molecule has 1 aromatic heterocycles. The van der Waals surface area contributed by atoms with Gasteiger partial charge in [0.1, 0.15) is 10.6 Å². The number of rotatable bonds is 5. The Balaban J connectivity index is 1.86. The third-order valence-corrected chi connectivity index (χ3v) is 6.58. The van der Waals surface area contributed by atoms with Crippen molar-refractivity contribution in [3.8, 4) is 0 Å². The Morgan fingerprint density at radius 3 is 2.41 bits per heavy atom. The first-order valence-corrected chi connectivity index (χ1v) is 10.3. The van der Waals surface area contributed by atoms with Crippen LogP contribution in [0.2, 0.25) is 0 Å². The lowest BCUT2D eigenvalue weighted by molar-refractivity contribution is 0.101. The number of aromatic nitrogens is 1. The number of aryl methyl sites for hydroxylation is 1. The van der Waals surface area contributed by atoms with Gasteiger partial charge >= 0.3 is 0 Å². The molecular formula is C19H23N3O4S. The van der Waals surface area contributed by atoms with Crippen molar-refractivity contribution in [2.24, 2.45) is 7.05 Å². The zero-order valence-corrected chi connectivity index (χ0v) is 16.3. The lowest BCUT2D eigenvalue weighted by Crippen LogP contribution is -2.35. The second-order valence-electron chi connectivity index (χ2n) is 6.69. The summed E-state index contributed by atoms with van der Waals surface area (Å²) in [4.78, 5) is 24.5. The standard InChI is InChI=1S/C19H23N3O4S/c1-14(23)16-8-4-5-9-17(16)20-19(24)18-12-15(13-21(18)2)27(25,26)22-10-6-3-7-11-22/h4-5,8-9,12-13H,3,6-7,10-11H2,1-2H3,(H,20,24). The highest BCUT2D eigenvalue weighted by atomic mass is 32.2. The molecule has 1 aromatic carbocycles. The van der Waals surface area contributed by atoms with E-state index in [0.29, 0.717) is 24.3 Å². The van der Waals surface area contributed by atoms with Crippen molar-refractivity contribution in [3.05, 3.63) is 47.8 Å². The molecule has 2 heterocycles. The molecule has 2 aromatic rings. The van der Waals surface area contributed by atoms with Crippen LogP contribution in [0.3, 0.4) is 0 Å². The Hall–Kier alpha value is -2.45. The van der Waals surface area contributed by atoms with Crippen molar-refractivity contribution in [3.63, 3.8) is 0 Å². The normalized spacial score (nSPS) is 15.5. The van der Waals surface area contributed by atoms with E-state index in [4.69, 9.17) is 0 Å². The fraction of sp³-hybridized carbons (Fsp3) is 0.368. The van der Waals surface area contributed by atoms with Crippen LogP contribution in [-0.2, 0) is 17.1 Å². The maximum Gasteiger partial charge on any atom is 0.272 e. The third kappa shape index (κ3) is 3.96. The van der Waals surface area contributed by atoms with E-state index in [1.165, 1.54) is 28.1 Å². The summed E-state index contributed by atoms with van der Waals surface area (Å²) in [7, 11) is -1.99. The zero-order chi connectivity index (χ0) is 19.6. The summed E-state index contributed by atoms with van der Waals surface area (Å²) in [5.74, 6) is -0.627. The average Bonchev–Trinajstić information content (AvgIpc) is 3.05. The smallest absolute Gasteiger partial charge is 0.272 e. The Bertz CT molecular complexity index is 973. The molecule has 1 amide bonds. The lowest BCUT2D eigenvalue weighted by atomic mass is 10.1. The predicted octanol–water partition coefficient (Wildman–Crippen LogP) is 2.65. The molecule has 0 radical (unpaired) electrons. The lowest BCUT2D eigenvalue weighted by Gasteiger charge is -2.25. The first-order chi connectivity index (χ1) is 12.8. The van der Waals surface area contributed by atoms with Crippen LogP contribution in [0.1, 0.15) is 47.0 Å². The quantitative estimate of drug-likeness (QED) is 0.796. The molecule has 7 nitrogen and oxygen atoms in total. The van der Waals surface area contributed by atoms with Crippen LogP contribution < -0.4 is 5.32 Å². The van der Waals surface area contributed by atoms with E-state index >= 15 is 0 Å². The van der Waals surface area contributed by atoms with Crippen LogP contribution in [0, 0.1) is 0 Å². The van der Waals surface area contributed by atoms with Crippen LogP contribution in [0.5, 0.6) is 0 Å². The molecule has 0 unspecified atom stereocenters. The molecule has 1 aliphatic heterocycles. The third-order valence-electron chi connectivity index (χ3n) is 4.72. The van der Waals surface area contributed by atoms with Crippen molar-refractivity contribution in [2.45, 2.75) is 31.1 Å². The Morgan fingerprint density at radius 1 is 1.07 bits per heavy atom. The highest BCUT2D eigenvalue weighted by Crippen LogP contribution is 2.23. The van der Waals surface area contributed by atoms with Crippen molar-refractivity contribution in [2.75, 3.05) is 18.4 Å². The van der Waals surface area contributed by atoms with Crippen LogP contribution in [0.4, 0.5) is 5.69 Å². The van der Waals surface area contributed by atoms with Gasteiger partial charge in [0.25, 0.3) is 5.91 Å². The highest BCUT2D eigenvalue weighted by molar-refractivity contribution is 7.89. The number of hydrogen-bond donors (Lipinski definition) is 1. The van der Waals surface area contributed by atoms with E-state index in [-0.39, 0.29) is 16.4 Å². The van der Waals surface area contributed by atoms with Crippen molar-refractivity contribution in [1.82, 2.24) is 8.87 Å². The largest absolute Gasteiger partial charge is 0.345 e. The number of sulfonamides is 1. The number of amides is 1. The summed E-state index contributed by atoms with van der Waals surface area (Å²) in [6, 6.07) is 8.10. The van der Waals surface area contributed by atoms with Gasteiger partial charge in [0.2, 0.25) is 10.0 Å². The van der Waals surface area contributed by atoms with Gasteiger partial charge < -0.3 is 9.88 Å². The number of nitrogens with one attached hydrogen (secondary N) is 1. The van der Waals surface area contributed by atoms with Crippen LogP contribution in [0.25, 0.3) is 0 Å². The molecule has 0 atom stereocenters. The molecule has 0 bridgehead atoms. The fourth-order valence-corrected chi connectivity index (χ4v) is 4.83. The van der Waals surface area contributed by atoms with Gasteiger partial charge in [-0.3, -0.25) is 9.59 Å². The van der Waals surface area contributed by atoms with Crippen LogP contribution >= 0.6 is 0 Å². The average molecular weight is 389 g/mol. The maximum atomic E-state index is 12.8. The number of benzene rings is 1. The Kier molecular flexibility index (Phi) is 5.48. The van der Waals surface area contributed by atoms with Crippen LogP contribution in [0.15, 0.2) is 41.4 Å². The van der Waals surface area contributed by atoms with Gasteiger partial charge in [-0.15, -0.1) is 0 Å². The minimum absolute atomic E-state index is 0.108. The first-order valence-electron chi connectivity index (χ1n) is 8.88. The van der Waals surface area contributed by atoms with Gasteiger partial charge in [0.15, 0.2) is 5.78 Å². The second kappa shape index (κ2) is 7.66. The number of Topliss-reactive ketones (excluding diaryl/α,β-unsaturated/α-hetero) is 1. The number of carbonyl (C=O) groups excluding carboxylic acids is 2. The summed E-state index contributed by atoms with van der Waals surface area (Å²) in [6.07, 6.45) is 4.18. The van der Waals surface area contributed by atoms with Gasteiger partial charge in [0.05, 0.1) is 5.69 Å². The van der Waals surface area contributed by atoms with E-state index in [1.54, 1.807) is 31.3 Å². The number of carbonyl (C=O) groups is 2. The Morgan fingerprint density at radius 2 is 1.74 bits per heavy atom. The fourth-order valence-electron chi connectivity index (χ4n) is 3.24. The van der Waals surface area contributed by atoms with Crippen LogP contribution in [-0.4, -0.2) is 42.1 Å². The SMILES string of the molecule is CC(=O)c1ccccc1NC(=O)c1cc(S(=O)(=O)N2CCCCC2)cn1C. The van der Waals surface area contributed by atoms with Gasteiger partial charge in [-0.1, -0.05) is 18.6 Å². The zero-order valence-electron chi connectivity index (χ0n) is 15.4. The molecule has 27 heavy (non-hydrogen) atoms. The number of hydrogen-bond acceptors (Lipinski definition) is 4. The molecule has 0 saturated carbocycles. The summed E-state index contributed by atoms with van der Waals surface area (Å²) in [5, 5.41) is 2.70. The molecule has 1 fully saturated rings. The van der Waals surface area contributed by atoms with Gasteiger partial charge in [-0.05, 0) is 38.0 Å². The summed E-state index contributed by atoms with van der Waals surface area (Å²) >= 11 is 0. The summed E-state index contributed by atoms with van der Waals surface area (Å²) in [6.45, 7) is 2.44. The van der Waals surface area contributed by atoms with Crippen molar-refractivity contribution in [1.29, 1.82) is 0 Å². The number of ketones is 1. The van der Waals surface area contributed by atoms with Gasteiger partial charge in [0, 0.05) is 31.9 Å². The molecule has 0 spiro atoms. The molecule has 8 heteroatoms. The predicted molar refractivity (Wildman–Crippen MR) is 102 cm³/mol. The van der Waals surface area contributed by atoms with E-state index in [0.717, 1.165) is 19.3 Å². The number of piperidine rings is 1. The molecule has 1 N–H and O–H groups in total. The minimum atomic E-state index is -3.61. The van der Waals surface area contributed by atoms with Crippen molar-refractivity contribution >= 4 is 27.4 Å². The topological polar surface area (TPSA) is 88.5 Å². The molecule has 3 rings (SSSR count). The van der Waals surface area contributed by atoms with E-state index in [2.05, 4.69) is 5.32 Å². The first kappa shape index (κ1) is 19.3. The Labute approximate surface area is 159 Å². The number of nitrogens with zero attached hydrogens (tertiary/aromatic N) is 2. The maximum absolute atomic E-state index is 12.8. The monoisotopic (exact) mass is 389 g/mol. The highest BCUT2D eigenvalue weighted by Gasteiger charge is 2.28. The second-order valence-corrected chi connectivity index (χ2v) is 8.63. The molecule has 1 aliphatic rings.